The van der Waals surface area contributed by atoms with Gasteiger partial charge in [-0.1, -0.05) is 72.4 Å². The lowest BCUT2D eigenvalue weighted by atomic mass is 10.1. The average Bonchev–Trinajstić information content (AvgIpc) is 3.21. The molecule has 0 radical (unpaired) electrons. The van der Waals surface area contributed by atoms with Crippen LogP contribution >= 0.6 is 11.8 Å². The number of hydrogen-bond donors (Lipinski definition) is 1. The molecule has 1 aromatic heterocycles. The van der Waals surface area contributed by atoms with Crippen LogP contribution in [0.25, 0.3) is 22.2 Å². The van der Waals surface area contributed by atoms with Crippen molar-refractivity contribution >= 4 is 39.7 Å². The van der Waals surface area contributed by atoms with Gasteiger partial charge in [-0.3, -0.25) is 0 Å². The maximum atomic E-state index is 13.7. The summed E-state index contributed by atoms with van der Waals surface area (Å²) in [5.41, 5.74) is 4.31. The van der Waals surface area contributed by atoms with E-state index >= 15 is 0 Å². The predicted molar refractivity (Wildman–Crippen MR) is 128 cm³/mol. The van der Waals surface area contributed by atoms with Crippen molar-refractivity contribution in [2.24, 2.45) is 0 Å². The van der Waals surface area contributed by atoms with E-state index in [-0.39, 0.29) is 0 Å². The zero-order valence-corrected chi connectivity index (χ0v) is 18.0. The first-order chi connectivity index (χ1) is 16.0. The third kappa shape index (κ3) is 3.29. The second-order valence-electron chi connectivity index (χ2n) is 7.85. The molecule has 1 N–H and O–H groups in total. The number of anilines is 3. The molecule has 4 aromatic carbocycles. The molecule has 0 saturated carbocycles. The lowest BCUT2D eigenvalue weighted by Crippen LogP contribution is -2.17. The average molecular weight is 459 g/mol. The third-order valence-electron chi connectivity index (χ3n) is 5.82. The van der Waals surface area contributed by atoms with Crippen molar-refractivity contribution in [3.63, 3.8) is 0 Å². The number of aromatic amines is 1. The van der Waals surface area contributed by atoms with Gasteiger partial charge < -0.3 is 9.88 Å². The van der Waals surface area contributed by atoms with Crippen molar-refractivity contribution in [2.45, 2.75) is 16.0 Å². The van der Waals surface area contributed by atoms with Gasteiger partial charge in [-0.25, -0.2) is 0 Å². The minimum Gasteiger partial charge on any atom is -0.353 e. The van der Waals surface area contributed by atoms with Gasteiger partial charge in [0.15, 0.2) is 0 Å². The summed E-state index contributed by atoms with van der Waals surface area (Å²) in [4.78, 5) is 7.26. The summed E-state index contributed by atoms with van der Waals surface area (Å²) in [5.74, 6) is 0. The maximum Gasteiger partial charge on any atom is 0.416 e. The standard InChI is InChI=1S/C27H17F3N2S/c28-27(29,30)18-14-15-24-22(16-18)32(21-12-6-7-13-23(21)33-24)26-19-10-4-5-11-20(19)31-25(26)17-8-2-1-3-9-17/h1-16,31H. The fourth-order valence-electron chi connectivity index (χ4n) is 4.35. The molecule has 0 atom stereocenters. The Morgan fingerprint density at radius 3 is 2.21 bits per heavy atom. The van der Waals surface area contributed by atoms with E-state index in [1.807, 2.05) is 83.8 Å². The van der Waals surface area contributed by atoms with Gasteiger partial charge in [-0.2, -0.15) is 13.2 Å². The number of nitrogens with one attached hydrogen (secondary N) is 1. The molecule has 2 heterocycles. The molecule has 6 heteroatoms. The molecule has 33 heavy (non-hydrogen) atoms. The van der Waals surface area contributed by atoms with Crippen LogP contribution < -0.4 is 4.90 Å². The smallest absolute Gasteiger partial charge is 0.353 e. The number of H-pyrrole nitrogens is 1. The number of nitrogens with zero attached hydrogens (tertiary/aromatic N) is 1. The van der Waals surface area contributed by atoms with E-state index in [0.717, 1.165) is 49.4 Å². The fourth-order valence-corrected chi connectivity index (χ4v) is 5.38. The van der Waals surface area contributed by atoms with Crippen molar-refractivity contribution in [2.75, 3.05) is 4.90 Å². The molecule has 162 valence electrons. The highest BCUT2D eigenvalue weighted by Crippen LogP contribution is 2.55. The first-order valence-electron chi connectivity index (χ1n) is 10.4. The number of halogens is 3. The number of alkyl halides is 3. The summed E-state index contributed by atoms with van der Waals surface area (Å²) in [5, 5.41) is 0.946. The van der Waals surface area contributed by atoms with Crippen LogP contribution in [0.1, 0.15) is 5.56 Å². The molecule has 0 amide bonds. The van der Waals surface area contributed by atoms with Gasteiger partial charge in [0.2, 0.25) is 0 Å². The summed E-state index contributed by atoms with van der Waals surface area (Å²) in [6.45, 7) is 0. The largest absolute Gasteiger partial charge is 0.416 e. The normalized spacial score (nSPS) is 13.1. The Bertz CT molecular complexity index is 1490. The highest BCUT2D eigenvalue weighted by Gasteiger charge is 2.35. The highest BCUT2D eigenvalue weighted by atomic mass is 32.2. The molecule has 1 aliphatic rings. The quantitative estimate of drug-likeness (QED) is 0.280. The molecule has 0 fully saturated rings. The van der Waals surface area contributed by atoms with Crippen LogP contribution in [0.2, 0.25) is 0 Å². The Kier molecular flexibility index (Phi) is 4.52. The molecule has 2 nitrogen and oxygen atoms in total. The second-order valence-corrected chi connectivity index (χ2v) is 8.93. The Morgan fingerprint density at radius 1 is 0.697 bits per heavy atom. The van der Waals surface area contributed by atoms with Crippen molar-refractivity contribution < 1.29 is 13.2 Å². The van der Waals surface area contributed by atoms with E-state index in [4.69, 9.17) is 0 Å². The number of hydrogen-bond acceptors (Lipinski definition) is 2. The zero-order chi connectivity index (χ0) is 22.6. The highest BCUT2D eigenvalue weighted by molar-refractivity contribution is 7.99. The zero-order valence-electron chi connectivity index (χ0n) is 17.2. The molecule has 0 saturated heterocycles. The van der Waals surface area contributed by atoms with Gasteiger partial charge in [0.25, 0.3) is 0 Å². The van der Waals surface area contributed by atoms with E-state index in [2.05, 4.69) is 4.98 Å². The molecule has 0 spiro atoms. The van der Waals surface area contributed by atoms with Gasteiger partial charge in [0, 0.05) is 26.3 Å². The molecule has 1 aliphatic heterocycles. The molecule has 0 aliphatic carbocycles. The van der Waals surface area contributed by atoms with Gasteiger partial charge in [0.1, 0.15) is 0 Å². The number of rotatable bonds is 2. The maximum absolute atomic E-state index is 13.7. The summed E-state index contributed by atoms with van der Waals surface area (Å²) in [6, 6.07) is 29.6. The minimum absolute atomic E-state index is 0.524. The van der Waals surface area contributed by atoms with Crippen LogP contribution in [0.5, 0.6) is 0 Å². The van der Waals surface area contributed by atoms with Crippen molar-refractivity contribution in [1.29, 1.82) is 0 Å². The van der Waals surface area contributed by atoms with Crippen molar-refractivity contribution in [3.8, 4) is 11.3 Å². The van der Waals surface area contributed by atoms with Gasteiger partial charge in [-0.15, -0.1) is 0 Å². The Morgan fingerprint density at radius 2 is 1.39 bits per heavy atom. The third-order valence-corrected chi connectivity index (χ3v) is 6.95. The summed E-state index contributed by atoms with van der Waals surface area (Å²) >= 11 is 1.49. The Hall–Kier alpha value is -3.64. The number of aromatic nitrogens is 1. The Labute approximate surface area is 192 Å². The van der Waals surface area contributed by atoms with Crippen LogP contribution in [0.15, 0.2) is 107 Å². The predicted octanol–water partition coefficient (Wildman–Crippen LogP) is 8.79. The number of benzene rings is 4. The SMILES string of the molecule is FC(F)(F)c1ccc2c(c1)N(c1c(-c3ccccc3)[nH]c3ccccc13)c1ccccc1S2. The lowest BCUT2D eigenvalue weighted by Gasteiger charge is -2.34. The number of fused-ring (bicyclic) bond motifs is 3. The van der Waals surface area contributed by atoms with E-state index in [1.165, 1.54) is 17.8 Å². The van der Waals surface area contributed by atoms with Crippen molar-refractivity contribution in [1.82, 2.24) is 4.98 Å². The van der Waals surface area contributed by atoms with E-state index in [1.54, 1.807) is 6.07 Å². The number of para-hydroxylation sites is 2. The van der Waals surface area contributed by atoms with Gasteiger partial charge >= 0.3 is 6.18 Å². The fraction of sp³-hybridized carbons (Fsp3) is 0.0370. The van der Waals surface area contributed by atoms with Crippen LogP contribution in [-0.2, 0) is 6.18 Å². The topological polar surface area (TPSA) is 19.0 Å². The monoisotopic (exact) mass is 458 g/mol. The molecule has 5 aromatic rings. The Balaban J connectivity index is 1.70. The minimum atomic E-state index is -4.43. The molecular weight excluding hydrogens is 441 g/mol. The van der Waals surface area contributed by atoms with E-state index in [0.29, 0.717) is 5.69 Å². The van der Waals surface area contributed by atoms with Crippen LogP contribution in [0, 0.1) is 0 Å². The van der Waals surface area contributed by atoms with Crippen LogP contribution in [0.4, 0.5) is 30.2 Å². The van der Waals surface area contributed by atoms with E-state index < -0.39 is 11.7 Å². The second kappa shape index (κ2) is 7.46. The first kappa shape index (κ1) is 20.0. The first-order valence-corrected chi connectivity index (χ1v) is 11.3. The molecule has 0 unspecified atom stereocenters. The van der Waals surface area contributed by atoms with Crippen LogP contribution in [-0.4, -0.2) is 4.98 Å². The lowest BCUT2D eigenvalue weighted by molar-refractivity contribution is -0.137. The van der Waals surface area contributed by atoms with Crippen LogP contribution in [0.3, 0.4) is 0 Å². The molecular formula is C27H17F3N2S. The summed E-state index contributed by atoms with van der Waals surface area (Å²) in [7, 11) is 0. The molecule has 6 rings (SSSR count). The molecule has 0 bridgehead atoms. The van der Waals surface area contributed by atoms with E-state index in [9.17, 15) is 13.2 Å². The van der Waals surface area contributed by atoms with Gasteiger partial charge in [-0.05, 0) is 36.4 Å². The van der Waals surface area contributed by atoms with Gasteiger partial charge in [0.05, 0.1) is 28.3 Å². The summed E-state index contributed by atoms with van der Waals surface area (Å²) in [6.07, 6.45) is -4.43. The van der Waals surface area contributed by atoms with Crippen molar-refractivity contribution in [3.05, 3.63) is 103 Å². The summed E-state index contributed by atoms with van der Waals surface area (Å²) < 4.78 is 41.1.